The van der Waals surface area contributed by atoms with Gasteiger partial charge in [-0.25, -0.2) is 13.2 Å². The van der Waals surface area contributed by atoms with Crippen molar-refractivity contribution in [3.8, 4) is 0 Å². The van der Waals surface area contributed by atoms with E-state index < -0.39 is 34.4 Å². The number of esters is 1. The van der Waals surface area contributed by atoms with Crippen LogP contribution in [-0.4, -0.2) is 55.4 Å². The first-order valence-electron chi connectivity index (χ1n) is 8.31. The number of imide groups is 1. The van der Waals surface area contributed by atoms with Gasteiger partial charge in [0.1, 0.15) is 0 Å². The Morgan fingerprint density at radius 2 is 2.00 bits per heavy atom. The molecule has 1 aliphatic heterocycles. The number of hydrogen-bond donors (Lipinski definition) is 2. The lowest BCUT2D eigenvalue weighted by atomic mass is 10.1. The summed E-state index contributed by atoms with van der Waals surface area (Å²) < 4.78 is 27.5. The molecule has 2 N–H and O–H groups in total. The molecule has 0 bridgehead atoms. The zero-order valence-corrected chi connectivity index (χ0v) is 16.7. The van der Waals surface area contributed by atoms with Crippen LogP contribution in [0.25, 0.3) is 0 Å². The Hall–Kier alpha value is -2.07. The van der Waals surface area contributed by atoms with Gasteiger partial charge in [0.2, 0.25) is 0 Å². The maximum absolute atomic E-state index is 11.8. The van der Waals surface area contributed by atoms with Gasteiger partial charge in [0, 0.05) is 10.9 Å². The van der Waals surface area contributed by atoms with E-state index in [-0.39, 0.29) is 22.5 Å². The number of rotatable bonds is 6. The predicted molar refractivity (Wildman–Crippen MR) is 104 cm³/mol. The minimum absolute atomic E-state index is 0.0395. The van der Waals surface area contributed by atoms with Crippen LogP contribution < -0.4 is 10.6 Å². The molecule has 0 unspecified atom stereocenters. The molecule has 0 aromatic heterocycles. The summed E-state index contributed by atoms with van der Waals surface area (Å²) in [4.78, 5) is 35.2. The maximum Gasteiger partial charge on any atom is 0.325 e. The van der Waals surface area contributed by atoms with Gasteiger partial charge in [0.25, 0.3) is 5.91 Å². The number of anilines is 1. The number of sulfone groups is 1. The maximum atomic E-state index is 11.8. The number of amides is 3. The summed E-state index contributed by atoms with van der Waals surface area (Å²) in [6.45, 7) is 3.17. The third-order valence-electron chi connectivity index (χ3n) is 4.10. The fraction of sp³-hybridized carbons (Fsp3) is 0.471. The topological polar surface area (TPSA) is 119 Å². The molecule has 27 heavy (non-hydrogen) atoms. The predicted octanol–water partition coefficient (Wildman–Crippen LogP) is 1.42. The molecule has 1 aliphatic rings. The number of carbonyl (C=O) groups excluding carboxylic acids is 3. The van der Waals surface area contributed by atoms with E-state index >= 15 is 0 Å². The number of ether oxygens (including phenoxy) is 1. The molecule has 0 spiro atoms. The van der Waals surface area contributed by atoms with E-state index in [1.807, 2.05) is 19.9 Å². The highest BCUT2D eigenvalue weighted by molar-refractivity contribution is 8.02. The third-order valence-corrected chi connectivity index (χ3v) is 7.35. The van der Waals surface area contributed by atoms with Crippen LogP contribution >= 0.6 is 11.8 Å². The molecule has 1 heterocycles. The lowest BCUT2D eigenvalue weighted by Gasteiger charge is -2.11. The van der Waals surface area contributed by atoms with Gasteiger partial charge in [0.15, 0.2) is 16.4 Å². The number of urea groups is 1. The summed E-state index contributed by atoms with van der Waals surface area (Å²) in [5.74, 6) is -1.22. The SMILES string of the molecule is Cc1cccc(NC(=O)NC(=O)COC(=O)CS[C@H]2CCS(=O)(=O)C2)c1C. The first-order chi connectivity index (χ1) is 12.7. The number of hydrogen-bond acceptors (Lipinski definition) is 7. The van der Waals surface area contributed by atoms with Gasteiger partial charge in [-0.1, -0.05) is 12.1 Å². The van der Waals surface area contributed by atoms with Gasteiger partial charge in [-0.3, -0.25) is 14.9 Å². The van der Waals surface area contributed by atoms with Crippen LogP contribution in [0, 0.1) is 13.8 Å². The molecule has 0 saturated carbocycles. The Kier molecular flexibility index (Phi) is 7.25. The molecule has 0 aliphatic carbocycles. The van der Waals surface area contributed by atoms with Crippen molar-refractivity contribution in [2.24, 2.45) is 0 Å². The second-order valence-electron chi connectivity index (χ2n) is 6.25. The second kappa shape index (κ2) is 9.23. The number of thioether (sulfide) groups is 1. The van der Waals surface area contributed by atoms with Crippen molar-refractivity contribution in [3.05, 3.63) is 29.3 Å². The van der Waals surface area contributed by atoms with Gasteiger partial charge in [-0.15, -0.1) is 11.8 Å². The fourth-order valence-corrected chi connectivity index (χ4v) is 5.91. The minimum atomic E-state index is -3.00. The van der Waals surface area contributed by atoms with Crippen LogP contribution in [0.5, 0.6) is 0 Å². The van der Waals surface area contributed by atoms with Crippen molar-refractivity contribution < 1.29 is 27.5 Å². The minimum Gasteiger partial charge on any atom is -0.455 e. The highest BCUT2D eigenvalue weighted by Gasteiger charge is 2.28. The summed E-state index contributed by atoms with van der Waals surface area (Å²) in [6, 6.07) is 4.69. The Bertz CT molecular complexity index is 838. The van der Waals surface area contributed by atoms with E-state index in [4.69, 9.17) is 4.74 Å². The highest BCUT2D eigenvalue weighted by Crippen LogP contribution is 2.24. The van der Waals surface area contributed by atoms with Crippen molar-refractivity contribution in [2.75, 3.05) is 29.2 Å². The average Bonchev–Trinajstić information content (AvgIpc) is 2.94. The van der Waals surface area contributed by atoms with E-state index in [9.17, 15) is 22.8 Å². The quantitative estimate of drug-likeness (QED) is 0.676. The van der Waals surface area contributed by atoms with Crippen LogP contribution in [0.3, 0.4) is 0 Å². The van der Waals surface area contributed by atoms with Gasteiger partial charge in [0.05, 0.1) is 17.3 Å². The van der Waals surface area contributed by atoms with Gasteiger partial charge in [-0.2, -0.15) is 0 Å². The van der Waals surface area contributed by atoms with Crippen LogP contribution in [0.1, 0.15) is 17.5 Å². The molecule has 1 aromatic carbocycles. The highest BCUT2D eigenvalue weighted by atomic mass is 32.2. The summed E-state index contributed by atoms with van der Waals surface area (Å²) in [5.41, 5.74) is 2.47. The standard InChI is InChI=1S/C17H22N2O6S2/c1-11-4-3-5-14(12(11)2)18-17(22)19-15(20)8-25-16(21)9-26-13-6-7-27(23,24)10-13/h3-5,13H,6-10H2,1-2H3,(H2,18,19,20,22)/t13-/m0/s1. The molecule has 8 nitrogen and oxygen atoms in total. The van der Waals surface area contributed by atoms with Crippen LogP contribution in [0.4, 0.5) is 10.5 Å². The molecule has 2 rings (SSSR count). The second-order valence-corrected chi connectivity index (χ2v) is 9.76. The van der Waals surface area contributed by atoms with Crippen molar-refractivity contribution in [1.29, 1.82) is 0 Å². The molecule has 148 valence electrons. The molecular formula is C17H22N2O6S2. The summed E-state index contributed by atoms with van der Waals surface area (Å²) >= 11 is 1.20. The smallest absolute Gasteiger partial charge is 0.325 e. The monoisotopic (exact) mass is 414 g/mol. The zero-order chi connectivity index (χ0) is 20.0. The first kappa shape index (κ1) is 21.2. The van der Waals surface area contributed by atoms with Crippen LogP contribution in [-0.2, 0) is 24.2 Å². The van der Waals surface area contributed by atoms with Crippen molar-refractivity contribution in [1.82, 2.24) is 5.32 Å². The fourth-order valence-electron chi connectivity index (χ4n) is 2.47. The molecule has 1 aromatic rings. The van der Waals surface area contributed by atoms with E-state index in [0.717, 1.165) is 11.1 Å². The number of carbonyl (C=O) groups is 3. The van der Waals surface area contributed by atoms with Gasteiger partial charge < -0.3 is 10.1 Å². The van der Waals surface area contributed by atoms with Crippen LogP contribution in [0.2, 0.25) is 0 Å². The molecular weight excluding hydrogens is 392 g/mol. The first-order valence-corrected chi connectivity index (χ1v) is 11.2. The largest absolute Gasteiger partial charge is 0.455 e. The van der Waals surface area contributed by atoms with E-state index in [1.165, 1.54) is 11.8 Å². The van der Waals surface area contributed by atoms with Crippen molar-refractivity contribution in [3.63, 3.8) is 0 Å². The van der Waals surface area contributed by atoms with Gasteiger partial charge in [-0.05, 0) is 37.5 Å². The lowest BCUT2D eigenvalue weighted by molar-refractivity contribution is -0.145. The summed E-state index contributed by atoms with van der Waals surface area (Å²) in [7, 11) is -3.00. The lowest BCUT2D eigenvalue weighted by Crippen LogP contribution is -2.37. The molecule has 1 fully saturated rings. The average molecular weight is 415 g/mol. The molecule has 3 amide bonds. The number of aryl methyl sites for hydroxylation is 1. The Balaban J connectivity index is 1.68. The van der Waals surface area contributed by atoms with Crippen LogP contribution in [0.15, 0.2) is 18.2 Å². The number of benzene rings is 1. The van der Waals surface area contributed by atoms with E-state index in [1.54, 1.807) is 12.1 Å². The molecule has 0 radical (unpaired) electrons. The van der Waals surface area contributed by atoms with Gasteiger partial charge >= 0.3 is 12.0 Å². The molecule has 10 heteroatoms. The number of nitrogens with one attached hydrogen (secondary N) is 2. The van der Waals surface area contributed by atoms with E-state index in [0.29, 0.717) is 12.1 Å². The Labute approximate surface area is 162 Å². The normalized spacial score (nSPS) is 17.9. The summed E-state index contributed by atoms with van der Waals surface area (Å²) in [5, 5.41) is 4.53. The molecule has 1 saturated heterocycles. The summed E-state index contributed by atoms with van der Waals surface area (Å²) in [6.07, 6.45) is 0.513. The molecule has 1 atom stereocenters. The Morgan fingerprint density at radius 3 is 2.67 bits per heavy atom. The zero-order valence-electron chi connectivity index (χ0n) is 15.1. The third kappa shape index (κ3) is 6.87. The Morgan fingerprint density at radius 1 is 1.26 bits per heavy atom. The van der Waals surface area contributed by atoms with E-state index in [2.05, 4.69) is 10.6 Å². The van der Waals surface area contributed by atoms with Crippen molar-refractivity contribution >= 4 is 45.2 Å². The van der Waals surface area contributed by atoms with Crippen molar-refractivity contribution in [2.45, 2.75) is 25.5 Å².